The zero-order valence-electron chi connectivity index (χ0n) is 18.7. The average molecular weight is 466 g/mol. The van der Waals surface area contributed by atoms with Gasteiger partial charge in [-0.15, -0.1) is 0 Å². The largest absolute Gasteiger partial charge is 0.396 e. The number of ketones is 1. The Hall–Kier alpha value is -3.63. The number of fused-ring (bicyclic) bond motifs is 5. The van der Waals surface area contributed by atoms with E-state index < -0.39 is 24.4 Å². The van der Waals surface area contributed by atoms with Gasteiger partial charge < -0.3 is 25.0 Å². The number of Topliss-reactive ketones (excluding diaryl/α,β-unsaturated/α-hetero) is 1. The van der Waals surface area contributed by atoms with Crippen LogP contribution in [0.1, 0.15) is 34.8 Å². The monoisotopic (exact) mass is 466 g/mol. The molecule has 2 aromatic heterocycles. The lowest BCUT2D eigenvalue weighted by molar-refractivity contribution is -0.133. The molecule has 1 aliphatic heterocycles. The molecule has 3 N–H and O–H groups in total. The highest BCUT2D eigenvalue weighted by atomic mass is 19.1. The summed E-state index contributed by atoms with van der Waals surface area (Å²) < 4.78 is 21.3. The van der Waals surface area contributed by atoms with E-state index in [0.29, 0.717) is 51.0 Å². The van der Waals surface area contributed by atoms with Gasteiger partial charge in [0.2, 0.25) is 5.91 Å². The van der Waals surface area contributed by atoms with Crippen molar-refractivity contribution in [1.29, 1.82) is 0 Å². The summed E-state index contributed by atoms with van der Waals surface area (Å²) in [5, 5.41) is 9.84. The fraction of sp³-hybridized carbons (Fsp3) is 0.333. The van der Waals surface area contributed by atoms with Crippen LogP contribution in [0.4, 0.5) is 10.1 Å². The van der Waals surface area contributed by atoms with E-state index in [1.54, 1.807) is 17.7 Å². The van der Waals surface area contributed by atoms with Crippen LogP contribution in [-0.2, 0) is 33.8 Å². The molecule has 0 fully saturated rings. The summed E-state index contributed by atoms with van der Waals surface area (Å²) in [5.41, 5.74) is 9.29. The van der Waals surface area contributed by atoms with Crippen LogP contribution in [0.25, 0.3) is 22.3 Å². The van der Waals surface area contributed by atoms with Crippen molar-refractivity contribution in [2.24, 2.45) is 0 Å². The number of rotatable bonds is 4. The number of amides is 1. The topological polar surface area (TPSA) is 128 Å². The minimum atomic E-state index is -0.822. The van der Waals surface area contributed by atoms with Crippen LogP contribution in [0.15, 0.2) is 23.0 Å². The third kappa shape index (κ3) is 3.21. The summed E-state index contributed by atoms with van der Waals surface area (Å²) in [4.78, 5) is 43.9. The van der Waals surface area contributed by atoms with Crippen molar-refractivity contribution in [2.45, 2.75) is 32.0 Å². The van der Waals surface area contributed by atoms with E-state index in [0.717, 1.165) is 0 Å². The lowest BCUT2D eigenvalue weighted by Gasteiger charge is -2.23. The lowest BCUT2D eigenvalue weighted by atomic mass is 9.88. The number of nitrogens with zero attached hydrogens (tertiary/aromatic N) is 3. The number of halogens is 1. The third-order valence-electron chi connectivity index (χ3n) is 6.70. The van der Waals surface area contributed by atoms with Crippen molar-refractivity contribution in [1.82, 2.24) is 14.5 Å². The minimum Gasteiger partial charge on any atom is -0.396 e. The van der Waals surface area contributed by atoms with Gasteiger partial charge in [0, 0.05) is 49.7 Å². The predicted octanol–water partition coefficient (Wildman–Crippen LogP) is 1.30. The number of ether oxygens (including phenoxy) is 1. The van der Waals surface area contributed by atoms with E-state index >= 15 is 0 Å². The molecule has 9 nitrogen and oxygen atoms in total. The van der Waals surface area contributed by atoms with E-state index in [-0.39, 0.29) is 36.5 Å². The molecule has 1 atom stereocenters. The summed E-state index contributed by atoms with van der Waals surface area (Å²) in [7, 11) is 2.98. The summed E-state index contributed by atoms with van der Waals surface area (Å²) in [6.07, 6.45) is -0.259. The lowest BCUT2D eigenvalue weighted by Crippen LogP contribution is -2.32. The number of aliphatic hydroxyl groups is 1. The molecular formula is C24H23FN4O5. The maximum Gasteiger partial charge on any atom is 0.254 e. The molecule has 1 amide bonds. The van der Waals surface area contributed by atoms with Gasteiger partial charge in [0.05, 0.1) is 29.1 Å². The number of aliphatic hydroxyl groups excluding tert-OH is 1. The summed E-state index contributed by atoms with van der Waals surface area (Å²) in [6, 6.07) is 4.45. The second-order valence-corrected chi connectivity index (χ2v) is 8.65. The molecule has 3 heterocycles. The number of methoxy groups -OCH3 is 1. The van der Waals surface area contributed by atoms with Crippen molar-refractivity contribution in [3.05, 3.63) is 56.6 Å². The molecule has 0 radical (unpaired) electrons. The second-order valence-electron chi connectivity index (χ2n) is 8.65. The molecule has 0 spiro atoms. The van der Waals surface area contributed by atoms with Crippen molar-refractivity contribution >= 4 is 28.3 Å². The molecule has 176 valence electrons. The number of carbonyl (C=O) groups excluding carboxylic acids is 2. The molecule has 34 heavy (non-hydrogen) atoms. The number of benzene rings is 1. The van der Waals surface area contributed by atoms with Gasteiger partial charge in [0.1, 0.15) is 18.5 Å². The average Bonchev–Trinajstić information content (AvgIpc) is 3.18. The van der Waals surface area contributed by atoms with Crippen LogP contribution >= 0.6 is 0 Å². The number of likely N-dealkylation sites (N-methyl/N-ethyl adjacent to an activating group) is 1. The molecule has 1 unspecified atom stereocenters. The molecule has 0 saturated heterocycles. The Morgan fingerprint density at radius 3 is 2.76 bits per heavy atom. The number of nitrogen functional groups attached to an aromatic ring is 1. The summed E-state index contributed by atoms with van der Waals surface area (Å²) >= 11 is 0. The van der Waals surface area contributed by atoms with Gasteiger partial charge in [0.25, 0.3) is 5.56 Å². The van der Waals surface area contributed by atoms with Crippen LogP contribution in [-0.4, -0.2) is 52.0 Å². The number of aromatic nitrogens is 2. The Labute approximate surface area is 193 Å². The Morgan fingerprint density at radius 1 is 1.29 bits per heavy atom. The van der Waals surface area contributed by atoms with Gasteiger partial charge in [0.15, 0.2) is 5.78 Å². The highest BCUT2D eigenvalue weighted by molar-refractivity contribution is 5.91. The fourth-order valence-electron chi connectivity index (χ4n) is 4.93. The van der Waals surface area contributed by atoms with Crippen LogP contribution in [0.3, 0.4) is 0 Å². The van der Waals surface area contributed by atoms with Gasteiger partial charge in [-0.3, -0.25) is 14.4 Å². The first-order valence-electron chi connectivity index (χ1n) is 10.8. The first-order chi connectivity index (χ1) is 16.2. The van der Waals surface area contributed by atoms with Crippen molar-refractivity contribution in [3.8, 4) is 11.4 Å². The van der Waals surface area contributed by atoms with Crippen molar-refractivity contribution in [2.75, 3.05) is 26.5 Å². The first-order valence-corrected chi connectivity index (χ1v) is 10.8. The summed E-state index contributed by atoms with van der Waals surface area (Å²) in [6.45, 7) is -0.343. The quantitative estimate of drug-likeness (QED) is 0.434. The smallest absolute Gasteiger partial charge is 0.254 e. The molecule has 5 rings (SSSR count). The molecule has 3 aromatic rings. The van der Waals surface area contributed by atoms with E-state index in [9.17, 15) is 23.9 Å². The SMILES string of the molecule is COC1C(=O)CCc2c1cc1n(c2=O)Cc2c-1nc1cc(F)c(N)cc1c2CN(C)C(=O)CO. The van der Waals surface area contributed by atoms with Gasteiger partial charge in [-0.05, 0) is 29.7 Å². The molecule has 1 aromatic carbocycles. The Kier molecular flexibility index (Phi) is 5.22. The number of pyridine rings is 2. The molecule has 1 aliphatic carbocycles. The molecular weight excluding hydrogens is 443 g/mol. The maximum atomic E-state index is 14.3. The minimum absolute atomic E-state index is 0.0590. The second kappa shape index (κ2) is 8.00. The van der Waals surface area contributed by atoms with Gasteiger partial charge >= 0.3 is 0 Å². The molecule has 0 saturated carbocycles. The number of nitrogens with two attached hydrogens (primary N) is 1. The van der Waals surface area contributed by atoms with E-state index in [4.69, 9.17) is 10.5 Å². The summed E-state index contributed by atoms with van der Waals surface area (Å²) in [5.74, 6) is -1.21. The van der Waals surface area contributed by atoms with Crippen LogP contribution in [0, 0.1) is 5.82 Å². The van der Waals surface area contributed by atoms with E-state index in [1.165, 1.54) is 24.1 Å². The van der Waals surface area contributed by atoms with E-state index in [1.807, 2.05) is 0 Å². The van der Waals surface area contributed by atoms with Crippen molar-refractivity contribution in [3.63, 3.8) is 0 Å². The predicted molar refractivity (Wildman–Crippen MR) is 122 cm³/mol. The normalized spacial score (nSPS) is 16.4. The Morgan fingerprint density at radius 2 is 2.06 bits per heavy atom. The number of anilines is 1. The van der Waals surface area contributed by atoms with E-state index in [2.05, 4.69) is 4.98 Å². The zero-order chi connectivity index (χ0) is 24.3. The number of carbonyl (C=O) groups is 2. The zero-order valence-corrected chi connectivity index (χ0v) is 18.7. The Bertz CT molecular complexity index is 1450. The third-order valence-corrected chi connectivity index (χ3v) is 6.70. The first kappa shape index (κ1) is 22.2. The van der Waals surface area contributed by atoms with Gasteiger partial charge in [-0.1, -0.05) is 0 Å². The highest BCUT2D eigenvalue weighted by Gasteiger charge is 2.34. The molecule has 10 heteroatoms. The van der Waals surface area contributed by atoms with Gasteiger partial charge in [-0.25, -0.2) is 9.37 Å². The number of hydrogen-bond acceptors (Lipinski definition) is 7. The van der Waals surface area contributed by atoms with Crippen LogP contribution < -0.4 is 11.3 Å². The molecule has 2 aliphatic rings. The maximum absolute atomic E-state index is 14.3. The Balaban J connectivity index is 1.78. The van der Waals surface area contributed by atoms with Gasteiger partial charge in [-0.2, -0.15) is 0 Å². The number of hydrogen-bond donors (Lipinski definition) is 2. The standard InChI is InChI=1S/C24H23FN4O5/c1-28(21(32)10-30)8-14-12-5-17(26)16(25)7-18(12)27-22-15(14)9-29-19(22)6-13-11(24(29)33)3-4-20(31)23(13)34-2/h5-7,23,30H,3-4,8-10,26H2,1-2H3. The fourth-order valence-corrected chi connectivity index (χ4v) is 4.93. The van der Waals surface area contributed by atoms with Crippen LogP contribution in [0.2, 0.25) is 0 Å². The molecule has 0 bridgehead atoms. The van der Waals surface area contributed by atoms with Crippen molar-refractivity contribution < 1.29 is 23.8 Å². The van der Waals surface area contributed by atoms with Crippen LogP contribution in [0.5, 0.6) is 0 Å². The highest BCUT2D eigenvalue weighted by Crippen LogP contribution is 2.39.